The van der Waals surface area contributed by atoms with Gasteiger partial charge in [0.1, 0.15) is 0 Å². The van der Waals surface area contributed by atoms with E-state index in [1.807, 2.05) is 24.3 Å². The van der Waals surface area contributed by atoms with Gasteiger partial charge >= 0.3 is 7.12 Å². The summed E-state index contributed by atoms with van der Waals surface area (Å²) in [6, 6.07) is 7.54. The van der Waals surface area contributed by atoms with Crippen LogP contribution in [0.15, 0.2) is 24.3 Å². The highest BCUT2D eigenvalue weighted by Gasteiger charge is 2.68. The molecule has 39 heavy (non-hydrogen) atoms. The van der Waals surface area contributed by atoms with E-state index in [0.29, 0.717) is 23.8 Å². The van der Waals surface area contributed by atoms with Crippen molar-refractivity contribution in [1.82, 2.24) is 5.32 Å². The highest BCUT2D eigenvalue weighted by Crippen LogP contribution is 2.65. The first-order chi connectivity index (χ1) is 18.3. The van der Waals surface area contributed by atoms with Gasteiger partial charge in [0.25, 0.3) is 0 Å². The smallest absolute Gasteiger partial charge is 0.404 e. The van der Waals surface area contributed by atoms with E-state index in [1.54, 1.807) is 0 Å². The molecule has 214 valence electrons. The van der Waals surface area contributed by atoms with Crippen molar-refractivity contribution >= 4 is 24.7 Å². The number of carbonyl (C=O) groups is 3. The Labute approximate surface area is 234 Å². The first-order valence-corrected chi connectivity index (χ1v) is 14.9. The summed E-state index contributed by atoms with van der Waals surface area (Å²) in [5.41, 5.74) is 7.07. The zero-order chi connectivity index (χ0) is 28.5. The van der Waals surface area contributed by atoms with Crippen LogP contribution in [0, 0.1) is 29.1 Å². The Morgan fingerprint density at radius 3 is 2.38 bits per heavy atom. The van der Waals surface area contributed by atoms with Gasteiger partial charge in [0.05, 0.1) is 23.6 Å². The molecule has 5 rings (SSSR count). The molecular weight excluding hydrogens is 491 g/mol. The maximum absolute atomic E-state index is 13.6. The zero-order valence-corrected chi connectivity index (χ0v) is 24.6. The molecule has 1 heterocycles. The molecule has 1 aromatic carbocycles. The lowest BCUT2D eigenvalue weighted by Crippen LogP contribution is -2.65. The third-order valence-electron chi connectivity index (χ3n) is 9.70. The number of carbonyl (C=O) groups excluding carboxylic acids is 3. The fourth-order valence-corrected chi connectivity index (χ4v) is 7.20. The van der Waals surface area contributed by atoms with E-state index in [-0.39, 0.29) is 53.5 Å². The lowest BCUT2D eigenvalue weighted by atomic mass is 9.43. The van der Waals surface area contributed by atoms with E-state index in [4.69, 9.17) is 15.0 Å². The van der Waals surface area contributed by atoms with Crippen LogP contribution in [0.25, 0.3) is 0 Å². The number of ketones is 1. The average molecular weight is 539 g/mol. The summed E-state index contributed by atoms with van der Waals surface area (Å²) in [7, 11) is -0.568. The van der Waals surface area contributed by atoms with Crippen molar-refractivity contribution in [3.8, 4) is 0 Å². The van der Waals surface area contributed by atoms with Gasteiger partial charge in [-0.1, -0.05) is 65.3 Å². The van der Waals surface area contributed by atoms with Gasteiger partial charge in [0.15, 0.2) is 5.78 Å². The Hall–Kier alpha value is -2.19. The molecule has 3 N–H and O–H groups in total. The monoisotopic (exact) mass is 538 g/mol. The number of Topliss-reactive ketones (excluding diaryl/α,β-unsaturated/α-hetero) is 1. The standard InChI is InChI=1S/C31H47BN2O5/c1-7-8-9-20-10-12-21(13-11-20)24(35)15-22(16-28(33)36)29(37)34-27(14-19(2)3)32-38-26-18-23-17-25(30(23,4)5)31(26,6)39-32/h10-13,19,22-23,25-27H,7-9,14-18H2,1-6H3,(H2,33,36)(H,34,37)/t22-,23-,25-,26+,27-,31-/m0/s1. The van der Waals surface area contributed by atoms with Gasteiger partial charge in [0, 0.05) is 18.4 Å². The minimum Gasteiger partial charge on any atom is -0.404 e. The predicted octanol–water partition coefficient (Wildman–Crippen LogP) is 4.89. The summed E-state index contributed by atoms with van der Waals surface area (Å²) in [5.74, 6) is -1.04. The summed E-state index contributed by atoms with van der Waals surface area (Å²) < 4.78 is 13.1. The number of aryl methyl sites for hydroxylation is 1. The van der Waals surface area contributed by atoms with E-state index < -0.39 is 18.9 Å². The normalized spacial score (nSPS) is 28.4. The molecule has 0 unspecified atom stereocenters. The molecule has 4 fully saturated rings. The Morgan fingerprint density at radius 1 is 1.10 bits per heavy atom. The number of hydrogen-bond donors (Lipinski definition) is 2. The fourth-order valence-electron chi connectivity index (χ4n) is 7.20. The summed E-state index contributed by atoms with van der Waals surface area (Å²) >= 11 is 0. The Kier molecular flexibility index (Phi) is 8.97. The van der Waals surface area contributed by atoms with Crippen LogP contribution in [0.4, 0.5) is 0 Å². The Balaban J connectivity index is 1.45. The summed E-state index contributed by atoms with van der Waals surface area (Å²) in [6.07, 6.45) is 5.69. The number of nitrogens with two attached hydrogens (primary N) is 1. The van der Waals surface area contributed by atoms with E-state index in [1.165, 1.54) is 5.56 Å². The maximum Gasteiger partial charge on any atom is 0.481 e. The van der Waals surface area contributed by atoms with Gasteiger partial charge in [-0.05, 0) is 67.8 Å². The molecule has 3 aliphatic carbocycles. The van der Waals surface area contributed by atoms with Gasteiger partial charge in [0.2, 0.25) is 11.8 Å². The molecule has 0 spiro atoms. The van der Waals surface area contributed by atoms with Crippen molar-refractivity contribution in [1.29, 1.82) is 0 Å². The van der Waals surface area contributed by atoms with Crippen molar-refractivity contribution in [3.63, 3.8) is 0 Å². The highest BCUT2D eigenvalue weighted by atomic mass is 16.7. The van der Waals surface area contributed by atoms with Crippen LogP contribution in [-0.4, -0.2) is 42.4 Å². The van der Waals surface area contributed by atoms with Crippen LogP contribution < -0.4 is 11.1 Å². The lowest BCUT2D eigenvalue weighted by Gasteiger charge is -2.64. The van der Waals surface area contributed by atoms with Crippen LogP contribution in [-0.2, 0) is 25.3 Å². The Morgan fingerprint density at radius 2 is 1.79 bits per heavy atom. The molecule has 1 aliphatic heterocycles. The van der Waals surface area contributed by atoms with Gasteiger partial charge in [-0.2, -0.15) is 0 Å². The molecule has 7 nitrogen and oxygen atoms in total. The van der Waals surface area contributed by atoms with Crippen molar-refractivity contribution in [2.45, 2.75) is 111 Å². The molecule has 0 radical (unpaired) electrons. The minimum atomic E-state index is -0.851. The van der Waals surface area contributed by atoms with Gasteiger partial charge in [-0.15, -0.1) is 0 Å². The molecular formula is C31H47BN2O5. The molecule has 4 aliphatic rings. The number of hydrogen-bond acceptors (Lipinski definition) is 5. The summed E-state index contributed by atoms with van der Waals surface area (Å²) in [4.78, 5) is 38.6. The van der Waals surface area contributed by atoms with Crippen LogP contribution in [0.2, 0.25) is 0 Å². The highest BCUT2D eigenvalue weighted by molar-refractivity contribution is 6.47. The van der Waals surface area contributed by atoms with E-state index in [0.717, 1.165) is 32.1 Å². The maximum atomic E-state index is 13.6. The second-order valence-corrected chi connectivity index (χ2v) is 13.4. The number of amides is 2. The molecule has 1 aromatic rings. The zero-order valence-electron chi connectivity index (χ0n) is 24.6. The SMILES string of the molecule is CCCCc1ccc(C(=O)C[C@@H](CC(N)=O)C(=O)N[C@@H](CC(C)C)B2O[C@@H]3C[C@@H]4C[C@@H](C4(C)C)[C@]3(C)O2)cc1. The van der Waals surface area contributed by atoms with Crippen molar-refractivity contribution < 1.29 is 23.7 Å². The molecule has 2 bridgehead atoms. The van der Waals surface area contributed by atoms with Crippen LogP contribution in [0.5, 0.6) is 0 Å². The van der Waals surface area contributed by atoms with E-state index >= 15 is 0 Å². The number of benzene rings is 1. The van der Waals surface area contributed by atoms with Gasteiger partial charge in [-0.25, -0.2) is 0 Å². The molecule has 8 heteroatoms. The Bertz CT molecular complexity index is 1060. The average Bonchev–Trinajstić information content (AvgIpc) is 3.23. The first-order valence-electron chi connectivity index (χ1n) is 14.9. The second kappa shape index (κ2) is 11.7. The number of primary amides is 1. The molecule has 0 aromatic heterocycles. The van der Waals surface area contributed by atoms with Crippen molar-refractivity contribution in [3.05, 3.63) is 35.4 Å². The minimum absolute atomic E-state index is 0.00846. The quantitative estimate of drug-likeness (QED) is 0.275. The number of rotatable bonds is 13. The van der Waals surface area contributed by atoms with Crippen LogP contribution >= 0.6 is 0 Å². The second-order valence-electron chi connectivity index (χ2n) is 13.4. The molecule has 1 saturated heterocycles. The summed E-state index contributed by atoms with van der Waals surface area (Å²) in [5, 5.41) is 3.11. The van der Waals surface area contributed by atoms with Gasteiger partial charge in [-0.3, -0.25) is 14.4 Å². The summed E-state index contributed by atoms with van der Waals surface area (Å²) in [6.45, 7) is 13.1. The molecule has 3 saturated carbocycles. The van der Waals surface area contributed by atoms with E-state index in [9.17, 15) is 14.4 Å². The lowest BCUT2D eigenvalue weighted by molar-refractivity contribution is -0.199. The molecule has 6 atom stereocenters. The predicted molar refractivity (Wildman–Crippen MR) is 153 cm³/mol. The topological polar surface area (TPSA) is 108 Å². The number of unbranched alkanes of at least 4 members (excludes halogenated alkanes) is 1. The third kappa shape index (κ3) is 6.27. The first kappa shape index (κ1) is 29.8. The van der Waals surface area contributed by atoms with Crippen LogP contribution in [0.3, 0.4) is 0 Å². The van der Waals surface area contributed by atoms with Gasteiger partial charge < -0.3 is 20.4 Å². The van der Waals surface area contributed by atoms with Crippen molar-refractivity contribution in [2.75, 3.05) is 0 Å². The van der Waals surface area contributed by atoms with Crippen LogP contribution in [0.1, 0.15) is 102 Å². The number of nitrogens with one attached hydrogen (secondary N) is 1. The largest absolute Gasteiger partial charge is 0.481 e. The van der Waals surface area contributed by atoms with Crippen molar-refractivity contribution in [2.24, 2.45) is 34.8 Å². The third-order valence-corrected chi connectivity index (χ3v) is 9.70. The van der Waals surface area contributed by atoms with E-state index in [2.05, 4.69) is 46.9 Å². The molecule has 2 amide bonds. The fraction of sp³-hybridized carbons (Fsp3) is 0.710.